The second-order valence-corrected chi connectivity index (χ2v) is 5.48. The first-order chi connectivity index (χ1) is 9.30. The molecule has 0 bridgehead atoms. The van der Waals surface area contributed by atoms with Gasteiger partial charge < -0.3 is 10.6 Å². The monoisotopic (exact) mass is 288 g/mol. The van der Waals surface area contributed by atoms with E-state index >= 15 is 0 Å². The molecule has 0 aromatic carbocycles. The van der Waals surface area contributed by atoms with E-state index in [0.717, 1.165) is 5.56 Å². The fraction of sp³-hybridized carbons (Fsp3) is 0.692. The first-order valence-electron chi connectivity index (χ1n) is 6.72. The minimum absolute atomic E-state index is 0.0559. The Hall–Kier alpha value is -1.53. The third kappa shape index (κ3) is 2.96. The Morgan fingerprint density at radius 3 is 2.65 bits per heavy atom. The lowest BCUT2D eigenvalue weighted by molar-refractivity contribution is -0.176. The summed E-state index contributed by atoms with van der Waals surface area (Å²) >= 11 is 0. The standard InChI is InChI=1S/C13H19F3N4/c1-8(2)10-11(17)18-7-19-12(10)20-5-3-4-9(6-20)13(14,15)16/h7-9H,3-6H2,1-2H3,(H2,17,18,19). The Bertz CT molecular complexity index is 473. The topological polar surface area (TPSA) is 55.0 Å². The van der Waals surface area contributed by atoms with E-state index in [9.17, 15) is 13.2 Å². The van der Waals surface area contributed by atoms with Gasteiger partial charge in [0.15, 0.2) is 0 Å². The largest absolute Gasteiger partial charge is 0.393 e. The Morgan fingerprint density at radius 1 is 1.35 bits per heavy atom. The van der Waals surface area contributed by atoms with Gasteiger partial charge in [-0.05, 0) is 18.8 Å². The van der Waals surface area contributed by atoms with E-state index in [4.69, 9.17) is 5.73 Å². The molecule has 2 N–H and O–H groups in total. The summed E-state index contributed by atoms with van der Waals surface area (Å²) in [6, 6.07) is 0. The van der Waals surface area contributed by atoms with E-state index < -0.39 is 12.1 Å². The average molecular weight is 288 g/mol. The number of halogens is 3. The molecule has 1 saturated heterocycles. The molecule has 0 radical (unpaired) electrons. The molecule has 4 nitrogen and oxygen atoms in total. The van der Waals surface area contributed by atoms with Gasteiger partial charge in [-0.25, -0.2) is 9.97 Å². The van der Waals surface area contributed by atoms with Crippen molar-refractivity contribution in [2.75, 3.05) is 23.7 Å². The molecule has 0 amide bonds. The highest BCUT2D eigenvalue weighted by Gasteiger charge is 2.42. The van der Waals surface area contributed by atoms with E-state index in [1.807, 2.05) is 13.8 Å². The third-order valence-corrected chi connectivity index (χ3v) is 3.65. The van der Waals surface area contributed by atoms with Crippen LogP contribution in [-0.2, 0) is 0 Å². The van der Waals surface area contributed by atoms with Crippen LogP contribution in [0.4, 0.5) is 24.8 Å². The zero-order chi connectivity index (χ0) is 14.9. The third-order valence-electron chi connectivity index (χ3n) is 3.65. The number of nitrogens with zero attached hydrogens (tertiary/aromatic N) is 3. The lowest BCUT2D eigenvalue weighted by atomic mass is 9.96. The Balaban J connectivity index is 2.30. The summed E-state index contributed by atoms with van der Waals surface area (Å²) in [5.74, 6) is -0.342. The molecule has 2 heterocycles. The summed E-state index contributed by atoms with van der Waals surface area (Å²) in [5, 5.41) is 0. The van der Waals surface area contributed by atoms with Crippen LogP contribution in [0.3, 0.4) is 0 Å². The quantitative estimate of drug-likeness (QED) is 0.909. The zero-order valence-corrected chi connectivity index (χ0v) is 11.6. The maximum atomic E-state index is 12.9. The van der Waals surface area contributed by atoms with Gasteiger partial charge >= 0.3 is 6.18 Å². The summed E-state index contributed by atoms with van der Waals surface area (Å²) < 4.78 is 38.7. The van der Waals surface area contributed by atoms with Crippen molar-refractivity contribution in [3.05, 3.63) is 11.9 Å². The van der Waals surface area contributed by atoms with Gasteiger partial charge in [0, 0.05) is 18.7 Å². The summed E-state index contributed by atoms with van der Waals surface area (Å²) in [7, 11) is 0. The van der Waals surface area contributed by atoms with Gasteiger partial charge in [-0.15, -0.1) is 0 Å². The van der Waals surface area contributed by atoms with E-state index in [2.05, 4.69) is 9.97 Å². The van der Waals surface area contributed by atoms with Gasteiger partial charge in [0.05, 0.1) is 5.92 Å². The molecule has 1 aliphatic rings. The van der Waals surface area contributed by atoms with Gasteiger partial charge in [-0.3, -0.25) is 0 Å². The SMILES string of the molecule is CC(C)c1c(N)ncnc1N1CCCC(C(F)(F)F)C1. The first kappa shape index (κ1) is 14.9. The Morgan fingerprint density at radius 2 is 2.05 bits per heavy atom. The summed E-state index contributed by atoms with van der Waals surface area (Å²) in [5.41, 5.74) is 6.58. The first-order valence-corrected chi connectivity index (χ1v) is 6.72. The van der Waals surface area contributed by atoms with Gasteiger partial charge in [0.2, 0.25) is 0 Å². The number of nitrogen functional groups attached to an aromatic ring is 1. The molecule has 2 rings (SSSR count). The van der Waals surface area contributed by atoms with Crippen LogP contribution in [-0.4, -0.2) is 29.2 Å². The molecular formula is C13H19F3N4. The molecule has 1 atom stereocenters. The normalized spacial score (nSPS) is 20.5. The van der Waals surface area contributed by atoms with Gasteiger partial charge in [0.25, 0.3) is 0 Å². The molecule has 1 aliphatic heterocycles. The van der Waals surface area contributed by atoms with Crippen LogP contribution in [0.15, 0.2) is 6.33 Å². The van der Waals surface area contributed by atoms with Gasteiger partial charge in [-0.2, -0.15) is 13.2 Å². The number of hydrogen-bond acceptors (Lipinski definition) is 4. The second kappa shape index (κ2) is 5.46. The highest BCUT2D eigenvalue weighted by molar-refractivity contribution is 5.58. The van der Waals surface area contributed by atoms with Crippen LogP contribution >= 0.6 is 0 Å². The van der Waals surface area contributed by atoms with Crippen molar-refractivity contribution in [3.63, 3.8) is 0 Å². The fourth-order valence-electron chi connectivity index (χ4n) is 2.64. The predicted octanol–water partition coefficient (Wildman–Crippen LogP) is 2.96. The number of piperidine rings is 1. The van der Waals surface area contributed by atoms with Crippen LogP contribution in [0.1, 0.15) is 38.2 Å². The molecule has 1 aromatic rings. The molecule has 0 spiro atoms. The van der Waals surface area contributed by atoms with Crippen molar-refractivity contribution in [3.8, 4) is 0 Å². The van der Waals surface area contributed by atoms with Crippen molar-refractivity contribution < 1.29 is 13.2 Å². The Kier molecular flexibility index (Phi) is 4.06. The summed E-state index contributed by atoms with van der Waals surface area (Å²) in [6.45, 7) is 4.38. The minimum atomic E-state index is -4.16. The van der Waals surface area contributed by atoms with Crippen molar-refractivity contribution in [2.45, 2.75) is 38.8 Å². The van der Waals surface area contributed by atoms with E-state index in [1.165, 1.54) is 6.33 Å². The van der Waals surface area contributed by atoms with Crippen molar-refractivity contribution in [1.82, 2.24) is 9.97 Å². The number of rotatable bonds is 2. The lowest BCUT2D eigenvalue weighted by Crippen LogP contribution is -2.42. The van der Waals surface area contributed by atoms with Crippen LogP contribution in [0.2, 0.25) is 0 Å². The highest BCUT2D eigenvalue weighted by atomic mass is 19.4. The highest BCUT2D eigenvalue weighted by Crippen LogP contribution is 2.37. The lowest BCUT2D eigenvalue weighted by Gasteiger charge is -2.35. The molecular weight excluding hydrogens is 269 g/mol. The maximum absolute atomic E-state index is 12.9. The fourth-order valence-corrected chi connectivity index (χ4v) is 2.64. The summed E-state index contributed by atoms with van der Waals surface area (Å²) in [4.78, 5) is 9.80. The molecule has 20 heavy (non-hydrogen) atoms. The summed E-state index contributed by atoms with van der Waals surface area (Å²) in [6.07, 6.45) is -2.16. The second-order valence-electron chi connectivity index (χ2n) is 5.48. The van der Waals surface area contributed by atoms with Gasteiger partial charge in [0.1, 0.15) is 18.0 Å². The van der Waals surface area contributed by atoms with Crippen molar-refractivity contribution >= 4 is 11.6 Å². The van der Waals surface area contributed by atoms with Crippen molar-refractivity contribution in [1.29, 1.82) is 0 Å². The van der Waals surface area contributed by atoms with Crippen LogP contribution < -0.4 is 10.6 Å². The van der Waals surface area contributed by atoms with Crippen LogP contribution in [0.25, 0.3) is 0 Å². The van der Waals surface area contributed by atoms with Crippen LogP contribution in [0, 0.1) is 5.92 Å². The molecule has 1 unspecified atom stereocenters. The number of alkyl halides is 3. The molecule has 1 aromatic heterocycles. The van der Waals surface area contributed by atoms with E-state index in [1.54, 1.807) is 4.90 Å². The number of nitrogens with two attached hydrogens (primary N) is 1. The minimum Gasteiger partial charge on any atom is -0.383 e. The van der Waals surface area contributed by atoms with E-state index in [0.29, 0.717) is 24.6 Å². The van der Waals surface area contributed by atoms with E-state index in [-0.39, 0.29) is 18.9 Å². The molecule has 112 valence electrons. The number of anilines is 2. The Labute approximate surface area is 116 Å². The molecule has 0 saturated carbocycles. The molecule has 7 heteroatoms. The molecule has 0 aliphatic carbocycles. The number of hydrogen-bond donors (Lipinski definition) is 1. The smallest absolute Gasteiger partial charge is 0.383 e. The molecule has 1 fully saturated rings. The average Bonchev–Trinajstić information content (AvgIpc) is 2.37. The zero-order valence-electron chi connectivity index (χ0n) is 11.6. The van der Waals surface area contributed by atoms with Crippen molar-refractivity contribution in [2.24, 2.45) is 5.92 Å². The maximum Gasteiger partial charge on any atom is 0.393 e. The van der Waals surface area contributed by atoms with Crippen LogP contribution in [0.5, 0.6) is 0 Å². The number of aromatic nitrogens is 2. The van der Waals surface area contributed by atoms with Gasteiger partial charge in [-0.1, -0.05) is 13.8 Å². The predicted molar refractivity (Wildman–Crippen MR) is 71.5 cm³/mol.